The molecule has 0 unspecified atom stereocenters. The first-order valence-corrected chi connectivity index (χ1v) is 4.04. The Hall–Kier alpha value is -1.12. The highest BCUT2D eigenvalue weighted by molar-refractivity contribution is 5.83. The maximum Gasteiger partial charge on any atom is 0.220 e. The Labute approximate surface area is 72.8 Å². The summed E-state index contributed by atoms with van der Waals surface area (Å²) in [6.45, 7) is 5.62. The molecule has 0 heterocycles. The first-order chi connectivity index (χ1) is 5.66. The molecule has 0 aliphatic rings. The van der Waals surface area contributed by atoms with E-state index >= 15 is 0 Å². The van der Waals surface area contributed by atoms with Crippen molar-refractivity contribution in [1.29, 1.82) is 0 Å². The van der Waals surface area contributed by atoms with Gasteiger partial charge in [-0.25, -0.2) is 0 Å². The van der Waals surface area contributed by atoms with Crippen LogP contribution in [0.5, 0.6) is 0 Å². The van der Waals surface area contributed by atoms with E-state index in [0.717, 1.165) is 6.42 Å². The Morgan fingerprint density at radius 1 is 1.42 bits per heavy atom. The summed E-state index contributed by atoms with van der Waals surface area (Å²) in [5.41, 5.74) is 0. The number of hydrogen-bond donors (Lipinski definition) is 1. The van der Waals surface area contributed by atoms with E-state index in [0.29, 0.717) is 19.4 Å². The van der Waals surface area contributed by atoms with Crippen LogP contribution in [0.3, 0.4) is 0 Å². The molecule has 0 bridgehead atoms. The second-order valence-electron chi connectivity index (χ2n) is 2.63. The number of Topliss-reactive ketones (excluding diaryl/α,β-unsaturated/α-hetero) is 1. The molecule has 0 aromatic heterocycles. The lowest BCUT2D eigenvalue weighted by Gasteiger charge is -2.00. The summed E-state index contributed by atoms with van der Waals surface area (Å²) in [6, 6.07) is 0. The van der Waals surface area contributed by atoms with E-state index in [1.54, 1.807) is 6.08 Å². The first-order valence-electron chi connectivity index (χ1n) is 4.04. The van der Waals surface area contributed by atoms with E-state index in [9.17, 15) is 9.59 Å². The van der Waals surface area contributed by atoms with Gasteiger partial charge in [-0.2, -0.15) is 0 Å². The van der Waals surface area contributed by atoms with Crippen LogP contribution in [0.15, 0.2) is 12.7 Å². The lowest BCUT2D eigenvalue weighted by molar-refractivity contribution is -0.124. The average molecular weight is 169 g/mol. The molecular weight excluding hydrogens is 154 g/mol. The van der Waals surface area contributed by atoms with Crippen molar-refractivity contribution in [3.8, 4) is 0 Å². The van der Waals surface area contributed by atoms with Crippen molar-refractivity contribution in [2.75, 3.05) is 6.54 Å². The molecule has 0 aromatic carbocycles. The molecule has 12 heavy (non-hydrogen) atoms. The first kappa shape index (κ1) is 10.9. The van der Waals surface area contributed by atoms with E-state index in [2.05, 4.69) is 11.9 Å². The van der Waals surface area contributed by atoms with E-state index in [4.69, 9.17) is 0 Å². The van der Waals surface area contributed by atoms with Gasteiger partial charge in [-0.15, -0.1) is 6.58 Å². The number of hydrogen-bond acceptors (Lipinski definition) is 2. The predicted octanol–water partition coefficient (Wildman–Crippen LogP) is 1.05. The predicted molar refractivity (Wildman–Crippen MR) is 47.7 cm³/mol. The number of nitrogens with one attached hydrogen (secondary N) is 1. The molecule has 0 rings (SSSR count). The van der Waals surface area contributed by atoms with Gasteiger partial charge >= 0.3 is 0 Å². The van der Waals surface area contributed by atoms with Crippen LogP contribution in [0, 0.1) is 0 Å². The van der Waals surface area contributed by atoms with Gasteiger partial charge in [0.15, 0.2) is 0 Å². The monoisotopic (exact) mass is 169 g/mol. The number of ketones is 1. The molecule has 0 aromatic rings. The molecule has 0 aliphatic carbocycles. The summed E-state index contributed by atoms with van der Waals surface area (Å²) < 4.78 is 0. The van der Waals surface area contributed by atoms with Gasteiger partial charge in [-0.3, -0.25) is 4.79 Å². The van der Waals surface area contributed by atoms with Crippen molar-refractivity contribution in [3.05, 3.63) is 12.7 Å². The Kier molecular flexibility index (Phi) is 5.97. The van der Waals surface area contributed by atoms with Crippen LogP contribution in [0.25, 0.3) is 0 Å². The third-order valence-corrected chi connectivity index (χ3v) is 1.37. The van der Waals surface area contributed by atoms with E-state index < -0.39 is 0 Å². The maximum absolute atomic E-state index is 10.9. The Morgan fingerprint density at radius 2 is 2.08 bits per heavy atom. The second kappa shape index (κ2) is 6.58. The zero-order chi connectivity index (χ0) is 9.40. The fraction of sp³-hybridized carbons (Fsp3) is 0.556. The van der Waals surface area contributed by atoms with Crippen LogP contribution >= 0.6 is 0 Å². The zero-order valence-electron chi connectivity index (χ0n) is 7.43. The van der Waals surface area contributed by atoms with Crippen LogP contribution in [-0.2, 0) is 9.59 Å². The normalized spacial score (nSPS) is 9.08. The minimum Gasteiger partial charge on any atom is -0.356 e. The third kappa shape index (κ3) is 6.99. The van der Waals surface area contributed by atoms with Crippen molar-refractivity contribution in [2.24, 2.45) is 0 Å². The minimum absolute atomic E-state index is 0.0499. The molecule has 68 valence electrons. The van der Waals surface area contributed by atoms with Crippen LogP contribution in [-0.4, -0.2) is 18.2 Å². The largest absolute Gasteiger partial charge is 0.356 e. The molecule has 1 N–H and O–H groups in total. The Bertz CT molecular complexity index is 175. The lowest BCUT2D eigenvalue weighted by Crippen LogP contribution is -2.24. The summed E-state index contributed by atoms with van der Waals surface area (Å²) in [6.07, 6.45) is 3.14. The van der Waals surface area contributed by atoms with Gasteiger partial charge in [0.25, 0.3) is 0 Å². The van der Waals surface area contributed by atoms with Crippen molar-refractivity contribution < 1.29 is 9.59 Å². The lowest BCUT2D eigenvalue weighted by atomic mass is 10.2. The Balaban J connectivity index is 3.33. The minimum atomic E-state index is -0.0629. The molecule has 3 nitrogen and oxygen atoms in total. The molecule has 0 saturated heterocycles. The van der Waals surface area contributed by atoms with E-state index in [-0.39, 0.29) is 11.7 Å². The summed E-state index contributed by atoms with van der Waals surface area (Å²) in [4.78, 5) is 21.4. The van der Waals surface area contributed by atoms with Crippen LogP contribution in [0.4, 0.5) is 0 Å². The highest BCUT2D eigenvalue weighted by Gasteiger charge is 2.01. The van der Waals surface area contributed by atoms with Gasteiger partial charge < -0.3 is 10.1 Å². The molecule has 3 heteroatoms. The number of carbonyl (C=O) groups excluding carboxylic acids is 2. The summed E-state index contributed by atoms with van der Waals surface area (Å²) >= 11 is 0. The van der Waals surface area contributed by atoms with Gasteiger partial charge in [0, 0.05) is 19.4 Å². The highest BCUT2D eigenvalue weighted by atomic mass is 16.2. The van der Waals surface area contributed by atoms with E-state index in [1.165, 1.54) is 6.92 Å². The quantitative estimate of drug-likeness (QED) is 0.477. The maximum atomic E-state index is 10.9. The standard InChI is InChI=1S/C9H15NO2/c1-3-4-7-10-9(12)6-5-8(2)11/h3H,1,4-7H2,2H3,(H,10,12). The molecule has 0 fully saturated rings. The van der Waals surface area contributed by atoms with Crippen molar-refractivity contribution in [1.82, 2.24) is 5.32 Å². The molecule has 0 atom stereocenters. The fourth-order valence-corrected chi connectivity index (χ4v) is 0.692. The van der Waals surface area contributed by atoms with Crippen molar-refractivity contribution in [3.63, 3.8) is 0 Å². The van der Waals surface area contributed by atoms with Crippen LogP contribution < -0.4 is 5.32 Å². The van der Waals surface area contributed by atoms with Gasteiger partial charge in [0.2, 0.25) is 5.91 Å². The van der Waals surface area contributed by atoms with Gasteiger partial charge in [-0.05, 0) is 13.3 Å². The van der Waals surface area contributed by atoms with Gasteiger partial charge in [0.05, 0.1) is 0 Å². The SMILES string of the molecule is C=CCCNC(=O)CCC(C)=O. The molecule has 0 saturated carbocycles. The van der Waals surface area contributed by atoms with E-state index in [1.807, 2.05) is 0 Å². The second-order valence-corrected chi connectivity index (χ2v) is 2.63. The van der Waals surface area contributed by atoms with Gasteiger partial charge in [-0.1, -0.05) is 6.08 Å². The smallest absolute Gasteiger partial charge is 0.220 e. The van der Waals surface area contributed by atoms with Crippen molar-refractivity contribution in [2.45, 2.75) is 26.2 Å². The van der Waals surface area contributed by atoms with Gasteiger partial charge in [0.1, 0.15) is 5.78 Å². The zero-order valence-corrected chi connectivity index (χ0v) is 7.43. The molecule has 0 spiro atoms. The summed E-state index contributed by atoms with van der Waals surface area (Å²) in [5, 5.41) is 2.68. The highest BCUT2D eigenvalue weighted by Crippen LogP contribution is 1.89. The van der Waals surface area contributed by atoms with Crippen molar-refractivity contribution >= 4 is 11.7 Å². The van der Waals surface area contributed by atoms with Crippen LogP contribution in [0.1, 0.15) is 26.2 Å². The molecule has 0 aliphatic heterocycles. The summed E-state index contributed by atoms with van der Waals surface area (Å²) in [7, 11) is 0. The molecule has 1 amide bonds. The van der Waals surface area contributed by atoms with Crippen LogP contribution in [0.2, 0.25) is 0 Å². The third-order valence-electron chi connectivity index (χ3n) is 1.37. The summed E-state index contributed by atoms with van der Waals surface area (Å²) in [5.74, 6) is -0.0130. The molecular formula is C9H15NO2. The number of carbonyl (C=O) groups is 2. The Morgan fingerprint density at radius 3 is 2.58 bits per heavy atom. The average Bonchev–Trinajstić information content (AvgIpc) is 2.01. The topological polar surface area (TPSA) is 46.2 Å². The molecule has 0 radical (unpaired) electrons. The number of rotatable bonds is 6. The number of amides is 1. The fourth-order valence-electron chi connectivity index (χ4n) is 0.692.